The minimum atomic E-state index is -0.423. The van der Waals surface area contributed by atoms with Gasteiger partial charge in [-0.2, -0.15) is 5.26 Å². The van der Waals surface area contributed by atoms with Gasteiger partial charge in [-0.15, -0.1) is 11.3 Å². The molecule has 0 aliphatic carbocycles. The number of thiazole rings is 1. The topological polar surface area (TPSA) is 92.1 Å². The fourth-order valence-electron chi connectivity index (χ4n) is 2.35. The summed E-state index contributed by atoms with van der Waals surface area (Å²) in [6, 6.07) is 16.9. The summed E-state index contributed by atoms with van der Waals surface area (Å²) in [4.78, 5) is 28.2. The third-order valence-corrected chi connectivity index (χ3v) is 5.87. The average molecular weight is 412 g/mol. The molecule has 0 radical (unpaired) electrons. The van der Waals surface area contributed by atoms with E-state index in [1.165, 1.54) is 11.8 Å². The highest BCUT2D eigenvalue weighted by atomic mass is 32.2. The largest absolute Gasteiger partial charge is 0.456 e. The van der Waals surface area contributed by atoms with Gasteiger partial charge in [0.2, 0.25) is 0 Å². The number of amides is 1. The van der Waals surface area contributed by atoms with Crippen LogP contribution in [0.5, 0.6) is 0 Å². The Kier molecular flexibility index (Phi) is 7.00. The van der Waals surface area contributed by atoms with Crippen molar-refractivity contribution in [1.29, 1.82) is 5.26 Å². The van der Waals surface area contributed by atoms with Crippen molar-refractivity contribution < 1.29 is 14.3 Å². The molecule has 2 aromatic carbocycles. The number of aromatic nitrogens is 1. The quantitative estimate of drug-likeness (QED) is 0.444. The SMILES string of the molecule is N#CCc1ccc(NC(=O)COC(=O)CCSc2nc3ccccc3s2)cc1. The van der Waals surface area contributed by atoms with Gasteiger partial charge in [0.25, 0.3) is 5.91 Å². The Bertz CT molecular complexity index is 976. The zero-order valence-corrected chi connectivity index (χ0v) is 16.5. The van der Waals surface area contributed by atoms with Crippen LogP contribution < -0.4 is 5.32 Å². The molecule has 0 unspecified atom stereocenters. The van der Waals surface area contributed by atoms with Crippen LogP contribution in [0.15, 0.2) is 52.9 Å². The van der Waals surface area contributed by atoms with Crippen LogP contribution in [0.25, 0.3) is 10.2 Å². The lowest BCUT2D eigenvalue weighted by molar-refractivity contribution is -0.146. The fraction of sp³-hybridized carbons (Fsp3) is 0.200. The van der Waals surface area contributed by atoms with Crippen LogP contribution >= 0.6 is 23.1 Å². The number of ether oxygens (including phenoxy) is 1. The summed E-state index contributed by atoms with van der Waals surface area (Å²) < 4.78 is 7.04. The molecule has 28 heavy (non-hydrogen) atoms. The molecule has 0 spiro atoms. The molecule has 6 nitrogen and oxygen atoms in total. The number of rotatable bonds is 8. The van der Waals surface area contributed by atoms with Gasteiger partial charge in [0.05, 0.1) is 29.1 Å². The van der Waals surface area contributed by atoms with Crippen molar-refractivity contribution >= 4 is 50.9 Å². The first-order chi connectivity index (χ1) is 13.6. The molecule has 0 aliphatic heterocycles. The lowest BCUT2D eigenvalue weighted by Crippen LogP contribution is -2.21. The first-order valence-corrected chi connectivity index (χ1v) is 10.3. The van der Waals surface area contributed by atoms with Gasteiger partial charge >= 0.3 is 5.97 Å². The van der Waals surface area contributed by atoms with E-state index in [1.807, 2.05) is 24.3 Å². The number of para-hydroxylation sites is 1. The fourth-order valence-corrected chi connectivity index (χ4v) is 4.41. The van der Waals surface area contributed by atoms with E-state index in [2.05, 4.69) is 16.4 Å². The standard InChI is InChI=1S/C20H17N3O3S2/c21-11-9-14-5-7-15(8-6-14)22-18(24)13-26-19(25)10-12-27-20-23-16-3-1-2-4-17(16)28-20/h1-8H,9-10,12-13H2,(H,22,24). The van der Waals surface area contributed by atoms with Crippen molar-refractivity contribution in [2.75, 3.05) is 17.7 Å². The van der Waals surface area contributed by atoms with Crippen LogP contribution in [0.2, 0.25) is 0 Å². The summed E-state index contributed by atoms with van der Waals surface area (Å²) in [6.07, 6.45) is 0.525. The van der Waals surface area contributed by atoms with E-state index in [4.69, 9.17) is 10.00 Å². The number of esters is 1. The second kappa shape index (κ2) is 9.88. The average Bonchev–Trinajstić information content (AvgIpc) is 3.11. The molecule has 1 N–H and O–H groups in total. The van der Waals surface area contributed by atoms with E-state index < -0.39 is 11.9 Å². The monoisotopic (exact) mass is 411 g/mol. The van der Waals surface area contributed by atoms with Crippen LogP contribution in [0, 0.1) is 11.3 Å². The van der Waals surface area contributed by atoms with Gasteiger partial charge in [-0.1, -0.05) is 36.0 Å². The maximum Gasteiger partial charge on any atom is 0.307 e. The highest BCUT2D eigenvalue weighted by Gasteiger charge is 2.10. The number of nitriles is 1. The number of fused-ring (bicyclic) bond motifs is 1. The van der Waals surface area contributed by atoms with Crippen molar-refractivity contribution in [3.63, 3.8) is 0 Å². The Morgan fingerprint density at radius 2 is 1.96 bits per heavy atom. The number of benzene rings is 2. The molecule has 0 fully saturated rings. The van der Waals surface area contributed by atoms with Gasteiger partial charge in [0.15, 0.2) is 10.9 Å². The smallest absolute Gasteiger partial charge is 0.307 e. The van der Waals surface area contributed by atoms with Gasteiger partial charge in [-0.05, 0) is 29.8 Å². The third kappa shape index (κ3) is 5.81. The van der Waals surface area contributed by atoms with Crippen molar-refractivity contribution in [3.05, 3.63) is 54.1 Å². The number of hydrogen-bond donors (Lipinski definition) is 1. The summed E-state index contributed by atoms with van der Waals surface area (Å²) in [6.45, 7) is -0.329. The van der Waals surface area contributed by atoms with Crippen molar-refractivity contribution in [2.24, 2.45) is 0 Å². The number of thioether (sulfide) groups is 1. The zero-order valence-electron chi connectivity index (χ0n) is 14.9. The molecule has 0 bridgehead atoms. The Labute approximate surface area is 170 Å². The number of carbonyl (C=O) groups excluding carboxylic acids is 2. The summed E-state index contributed by atoms with van der Waals surface area (Å²) in [5.74, 6) is -0.283. The van der Waals surface area contributed by atoms with Gasteiger partial charge < -0.3 is 10.1 Å². The second-order valence-corrected chi connectivity index (χ2v) is 8.16. The molecule has 3 rings (SSSR count). The van der Waals surface area contributed by atoms with Crippen molar-refractivity contribution in [1.82, 2.24) is 4.98 Å². The molecule has 8 heteroatoms. The normalized spacial score (nSPS) is 10.4. The van der Waals surface area contributed by atoms with E-state index >= 15 is 0 Å². The molecule has 1 amide bonds. The minimum Gasteiger partial charge on any atom is -0.456 e. The zero-order chi connectivity index (χ0) is 19.8. The number of carbonyl (C=O) groups is 2. The Morgan fingerprint density at radius 1 is 1.18 bits per heavy atom. The lowest BCUT2D eigenvalue weighted by atomic mass is 10.1. The third-order valence-electron chi connectivity index (χ3n) is 3.69. The molecule has 1 heterocycles. The predicted molar refractivity (Wildman–Crippen MR) is 110 cm³/mol. The van der Waals surface area contributed by atoms with Crippen molar-refractivity contribution in [3.8, 4) is 6.07 Å². The van der Waals surface area contributed by atoms with Crippen LogP contribution in [-0.4, -0.2) is 29.2 Å². The van der Waals surface area contributed by atoms with Gasteiger partial charge in [0, 0.05) is 11.4 Å². The number of nitrogens with one attached hydrogen (secondary N) is 1. The Morgan fingerprint density at radius 3 is 2.71 bits per heavy atom. The Hall–Kier alpha value is -2.89. The summed E-state index contributed by atoms with van der Waals surface area (Å²) >= 11 is 3.09. The molecule has 1 aromatic heterocycles. The number of anilines is 1. The first-order valence-electron chi connectivity index (χ1n) is 8.54. The van der Waals surface area contributed by atoms with E-state index in [9.17, 15) is 9.59 Å². The predicted octanol–water partition coefficient (Wildman–Crippen LogP) is 4.03. The Balaban J connectivity index is 1.36. The molecule has 0 saturated heterocycles. The maximum absolute atomic E-state index is 11.9. The van der Waals surface area contributed by atoms with Crippen LogP contribution in [0.3, 0.4) is 0 Å². The molecule has 142 valence electrons. The first kappa shape index (κ1) is 19.9. The number of hydrogen-bond acceptors (Lipinski definition) is 7. The lowest BCUT2D eigenvalue weighted by Gasteiger charge is -2.07. The van der Waals surface area contributed by atoms with E-state index in [0.29, 0.717) is 17.9 Å². The number of nitrogens with zero attached hydrogens (tertiary/aromatic N) is 2. The second-order valence-electron chi connectivity index (χ2n) is 5.79. The molecule has 0 aliphatic rings. The van der Waals surface area contributed by atoms with Gasteiger partial charge in [-0.25, -0.2) is 4.98 Å². The maximum atomic E-state index is 11.9. The highest BCUT2D eigenvalue weighted by Crippen LogP contribution is 2.29. The molecule has 0 saturated carbocycles. The highest BCUT2D eigenvalue weighted by molar-refractivity contribution is 8.01. The molecular formula is C20H17N3O3S2. The van der Waals surface area contributed by atoms with Gasteiger partial charge in [0.1, 0.15) is 0 Å². The minimum absolute atomic E-state index is 0.205. The van der Waals surface area contributed by atoms with Crippen LogP contribution in [-0.2, 0) is 20.7 Å². The van der Waals surface area contributed by atoms with Crippen LogP contribution in [0.4, 0.5) is 5.69 Å². The molecule has 0 atom stereocenters. The van der Waals surface area contributed by atoms with Crippen LogP contribution in [0.1, 0.15) is 12.0 Å². The van der Waals surface area contributed by atoms with E-state index in [-0.39, 0.29) is 13.0 Å². The van der Waals surface area contributed by atoms with Gasteiger partial charge in [-0.3, -0.25) is 9.59 Å². The van der Waals surface area contributed by atoms with E-state index in [1.54, 1.807) is 35.6 Å². The molecule has 3 aromatic rings. The van der Waals surface area contributed by atoms with Crippen molar-refractivity contribution in [2.45, 2.75) is 17.2 Å². The van der Waals surface area contributed by atoms with E-state index in [0.717, 1.165) is 20.1 Å². The molecular weight excluding hydrogens is 394 g/mol. The summed E-state index contributed by atoms with van der Waals surface area (Å²) in [7, 11) is 0. The summed E-state index contributed by atoms with van der Waals surface area (Å²) in [5, 5.41) is 11.3. The summed E-state index contributed by atoms with van der Waals surface area (Å²) in [5.41, 5.74) is 2.42.